The predicted octanol–water partition coefficient (Wildman–Crippen LogP) is 3.32. The topological polar surface area (TPSA) is 51.4 Å². The summed E-state index contributed by atoms with van der Waals surface area (Å²) in [6, 6.07) is 1.81. The summed E-state index contributed by atoms with van der Waals surface area (Å²) in [4.78, 5) is 6.40. The van der Waals surface area contributed by atoms with E-state index in [1.165, 1.54) is 5.56 Å². The van der Waals surface area contributed by atoms with Crippen molar-refractivity contribution in [2.75, 3.05) is 19.7 Å². The molecule has 0 bridgehead atoms. The Balaban J connectivity index is 1.44. The van der Waals surface area contributed by atoms with Crippen molar-refractivity contribution < 1.29 is 9.26 Å². The molecule has 22 heavy (non-hydrogen) atoms. The molecule has 5 nitrogen and oxygen atoms in total. The predicted molar refractivity (Wildman–Crippen MR) is 84.0 cm³/mol. The van der Waals surface area contributed by atoms with E-state index in [2.05, 4.69) is 15.0 Å². The molecule has 1 aliphatic rings. The van der Waals surface area contributed by atoms with Gasteiger partial charge in [-0.2, -0.15) is 0 Å². The molecule has 0 spiro atoms. The van der Waals surface area contributed by atoms with E-state index in [1.54, 1.807) is 12.4 Å². The second-order valence-electron chi connectivity index (χ2n) is 5.74. The van der Waals surface area contributed by atoms with Crippen LogP contribution in [0.4, 0.5) is 0 Å². The van der Waals surface area contributed by atoms with Crippen molar-refractivity contribution in [2.45, 2.75) is 26.3 Å². The minimum absolute atomic E-state index is 0.572. The number of hydrogen-bond acceptors (Lipinski definition) is 5. The Kier molecular flexibility index (Phi) is 4.95. The molecule has 0 radical (unpaired) electrons. The molecule has 3 heterocycles. The Morgan fingerprint density at radius 1 is 1.36 bits per heavy atom. The molecule has 1 saturated heterocycles. The van der Waals surface area contributed by atoms with Gasteiger partial charge in [0.2, 0.25) is 0 Å². The van der Waals surface area contributed by atoms with Crippen LogP contribution in [-0.2, 0) is 6.54 Å². The summed E-state index contributed by atoms with van der Waals surface area (Å²) in [5.41, 5.74) is 1.18. The number of ether oxygens (including phenoxy) is 1. The fraction of sp³-hybridized carbons (Fsp3) is 0.500. The van der Waals surface area contributed by atoms with Gasteiger partial charge < -0.3 is 9.26 Å². The lowest BCUT2D eigenvalue weighted by Gasteiger charge is -2.31. The average molecular weight is 322 g/mol. The first-order valence-electron chi connectivity index (χ1n) is 7.57. The third kappa shape index (κ3) is 3.78. The smallest absolute Gasteiger partial charge is 0.141 e. The summed E-state index contributed by atoms with van der Waals surface area (Å²) >= 11 is 6.05. The van der Waals surface area contributed by atoms with Gasteiger partial charge in [-0.15, -0.1) is 0 Å². The lowest BCUT2D eigenvalue weighted by molar-refractivity contribution is 0.136. The van der Waals surface area contributed by atoms with Crippen molar-refractivity contribution in [2.24, 2.45) is 5.92 Å². The first-order chi connectivity index (χ1) is 10.7. The third-order valence-electron chi connectivity index (χ3n) is 4.16. The number of nitrogens with zero attached hydrogens (tertiary/aromatic N) is 3. The van der Waals surface area contributed by atoms with Crippen LogP contribution in [0, 0.1) is 12.8 Å². The van der Waals surface area contributed by atoms with Gasteiger partial charge in [0, 0.05) is 30.6 Å². The number of hydrogen-bond donors (Lipinski definition) is 0. The molecule has 0 N–H and O–H groups in total. The molecule has 0 saturated carbocycles. The molecule has 3 rings (SSSR count). The van der Waals surface area contributed by atoms with E-state index in [1.807, 2.05) is 19.2 Å². The molecule has 6 heteroatoms. The fourth-order valence-electron chi connectivity index (χ4n) is 2.71. The lowest BCUT2D eigenvalue weighted by Crippen LogP contribution is -2.35. The van der Waals surface area contributed by atoms with Gasteiger partial charge in [0.25, 0.3) is 0 Å². The van der Waals surface area contributed by atoms with Crippen molar-refractivity contribution in [3.63, 3.8) is 0 Å². The van der Waals surface area contributed by atoms with Gasteiger partial charge in [-0.25, -0.2) is 0 Å². The van der Waals surface area contributed by atoms with Crippen molar-refractivity contribution >= 4 is 11.6 Å². The lowest BCUT2D eigenvalue weighted by atomic mass is 9.97. The van der Waals surface area contributed by atoms with E-state index in [0.717, 1.165) is 44.0 Å². The first kappa shape index (κ1) is 15.3. The van der Waals surface area contributed by atoms with Crippen LogP contribution in [0.2, 0.25) is 5.02 Å². The largest absolute Gasteiger partial charge is 0.492 e. The Hall–Kier alpha value is -1.59. The molecule has 0 aromatic carbocycles. The molecule has 2 aromatic heterocycles. The van der Waals surface area contributed by atoms with Crippen LogP contribution in [0.15, 0.2) is 29.2 Å². The number of rotatable bonds is 5. The van der Waals surface area contributed by atoms with Crippen molar-refractivity contribution in [3.05, 3.63) is 41.0 Å². The second-order valence-corrected chi connectivity index (χ2v) is 6.15. The molecular formula is C16H20ClN3O2. The second kappa shape index (κ2) is 7.11. The minimum atomic E-state index is 0.572. The highest BCUT2D eigenvalue weighted by atomic mass is 35.5. The van der Waals surface area contributed by atoms with Crippen LogP contribution in [-0.4, -0.2) is 34.7 Å². The monoisotopic (exact) mass is 321 g/mol. The highest BCUT2D eigenvalue weighted by Gasteiger charge is 2.21. The number of pyridine rings is 1. The maximum atomic E-state index is 6.05. The minimum Gasteiger partial charge on any atom is -0.492 e. The normalized spacial score (nSPS) is 16.8. The van der Waals surface area contributed by atoms with Crippen LogP contribution < -0.4 is 4.74 Å². The summed E-state index contributed by atoms with van der Waals surface area (Å²) in [6.45, 7) is 5.73. The van der Waals surface area contributed by atoms with E-state index >= 15 is 0 Å². The van der Waals surface area contributed by atoms with E-state index in [-0.39, 0.29) is 0 Å². The zero-order valence-corrected chi connectivity index (χ0v) is 13.4. The van der Waals surface area contributed by atoms with Crippen molar-refractivity contribution in [1.82, 2.24) is 15.0 Å². The van der Waals surface area contributed by atoms with Gasteiger partial charge in [0.05, 0.1) is 12.8 Å². The molecule has 1 fully saturated rings. The van der Waals surface area contributed by atoms with Gasteiger partial charge >= 0.3 is 0 Å². The molecular weight excluding hydrogens is 302 g/mol. The maximum Gasteiger partial charge on any atom is 0.141 e. The number of aromatic nitrogens is 2. The van der Waals surface area contributed by atoms with Gasteiger partial charge in [0.15, 0.2) is 0 Å². The van der Waals surface area contributed by atoms with Gasteiger partial charge in [0.1, 0.15) is 16.5 Å². The standard InChI is InChI=1S/C16H20ClN3O2/c1-12-14(8-19-22-12)10-20-6-3-13(4-7-20)11-21-16-2-5-18-9-15(16)17/h2,5,8-9,13H,3-4,6-7,10-11H2,1H3. The summed E-state index contributed by atoms with van der Waals surface area (Å²) < 4.78 is 10.9. The van der Waals surface area contributed by atoms with Crippen LogP contribution in [0.3, 0.4) is 0 Å². The highest BCUT2D eigenvalue weighted by Crippen LogP contribution is 2.25. The maximum absolute atomic E-state index is 6.05. The third-order valence-corrected chi connectivity index (χ3v) is 4.45. The molecule has 2 aromatic rings. The zero-order chi connectivity index (χ0) is 15.4. The first-order valence-corrected chi connectivity index (χ1v) is 7.95. The van der Waals surface area contributed by atoms with Gasteiger partial charge in [-0.05, 0) is 38.8 Å². The number of piperidine rings is 1. The summed E-state index contributed by atoms with van der Waals surface area (Å²) in [7, 11) is 0. The van der Waals surface area contributed by atoms with E-state index in [4.69, 9.17) is 20.9 Å². The van der Waals surface area contributed by atoms with E-state index < -0.39 is 0 Å². The Labute approximate surface area is 135 Å². The molecule has 0 atom stereocenters. The number of aryl methyl sites for hydroxylation is 1. The fourth-order valence-corrected chi connectivity index (χ4v) is 2.88. The summed E-state index contributed by atoms with van der Waals surface area (Å²) in [5, 5.41) is 4.41. The summed E-state index contributed by atoms with van der Waals surface area (Å²) in [5.74, 6) is 2.21. The van der Waals surface area contributed by atoms with Crippen molar-refractivity contribution in [1.29, 1.82) is 0 Å². The Bertz CT molecular complexity index is 609. The zero-order valence-electron chi connectivity index (χ0n) is 12.7. The Morgan fingerprint density at radius 2 is 2.18 bits per heavy atom. The molecule has 1 aliphatic heterocycles. The Morgan fingerprint density at radius 3 is 2.86 bits per heavy atom. The van der Waals surface area contributed by atoms with Crippen LogP contribution in [0.5, 0.6) is 5.75 Å². The van der Waals surface area contributed by atoms with Crippen molar-refractivity contribution in [3.8, 4) is 5.75 Å². The average Bonchev–Trinajstić information content (AvgIpc) is 2.93. The van der Waals surface area contributed by atoms with Crippen LogP contribution in [0.1, 0.15) is 24.2 Å². The molecule has 0 unspecified atom stereocenters. The SMILES string of the molecule is Cc1oncc1CN1CCC(COc2ccncc2Cl)CC1. The summed E-state index contributed by atoms with van der Waals surface area (Å²) in [6.07, 6.45) is 7.39. The van der Waals surface area contributed by atoms with Gasteiger partial charge in [-0.1, -0.05) is 16.8 Å². The molecule has 0 aliphatic carbocycles. The van der Waals surface area contributed by atoms with Gasteiger partial charge in [-0.3, -0.25) is 9.88 Å². The number of likely N-dealkylation sites (tertiary alicyclic amines) is 1. The highest BCUT2D eigenvalue weighted by molar-refractivity contribution is 6.31. The van der Waals surface area contributed by atoms with E-state index in [9.17, 15) is 0 Å². The van der Waals surface area contributed by atoms with E-state index in [0.29, 0.717) is 17.5 Å². The van der Waals surface area contributed by atoms with Crippen LogP contribution in [0.25, 0.3) is 0 Å². The quantitative estimate of drug-likeness (QED) is 0.845. The van der Waals surface area contributed by atoms with Crippen LogP contribution >= 0.6 is 11.6 Å². The molecule has 0 amide bonds. The number of halogens is 1. The molecule has 118 valence electrons.